The van der Waals surface area contributed by atoms with Gasteiger partial charge in [-0.15, -0.1) is 0 Å². The van der Waals surface area contributed by atoms with E-state index in [0.29, 0.717) is 56.4 Å². The molecule has 5 aromatic rings. The smallest absolute Gasteiger partial charge is 0.338 e. The van der Waals surface area contributed by atoms with Crippen LogP contribution in [0, 0.1) is 0 Å². The molecule has 5 aromatic carbocycles. The van der Waals surface area contributed by atoms with E-state index in [2.05, 4.69) is 78.3 Å². The standard InChI is InChI=1S/C30H35N2O4P.C24H32NO2PS/c1-3-4-5-12-17-28(33)31-20-21-32-29(34)23-18-19-26(30(35)36-2)27(22-23)37(24-13-8-6-9-14-24)25-15-10-7-11-16-25;1-2-3-4-11-17-23(26)25-19-12-18-24(27)29-20-28(21-13-7-5-8-14-21)22-15-9-6-10-16-22/h6-11,13-16,18-19,22H,3-5,12,17,20-21H2,1-2H3,(H,31,33)(H,32,34);5-10,13-16H,2-4,11-12,17-20H2,1H3,(H,25,26). The van der Waals surface area contributed by atoms with Crippen molar-refractivity contribution >= 4 is 82.9 Å². The number of ether oxygens (including phenoxy) is 1. The molecule has 12 heteroatoms. The van der Waals surface area contributed by atoms with E-state index < -0.39 is 21.8 Å². The van der Waals surface area contributed by atoms with E-state index in [4.69, 9.17) is 4.74 Å². The van der Waals surface area contributed by atoms with Gasteiger partial charge in [0.25, 0.3) is 5.91 Å². The van der Waals surface area contributed by atoms with Crippen LogP contribution in [0.15, 0.2) is 140 Å². The summed E-state index contributed by atoms with van der Waals surface area (Å²) in [6.45, 7) is 5.58. The molecular weight excluding hydrogens is 881 g/mol. The van der Waals surface area contributed by atoms with E-state index in [-0.39, 0.29) is 22.8 Å². The van der Waals surface area contributed by atoms with Crippen LogP contribution in [0.3, 0.4) is 0 Å². The van der Waals surface area contributed by atoms with Crippen molar-refractivity contribution in [2.24, 2.45) is 0 Å². The fourth-order valence-electron chi connectivity index (χ4n) is 6.99. The zero-order valence-electron chi connectivity index (χ0n) is 38.8. The first-order valence-electron chi connectivity index (χ1n) is 23.2. The van der Waals surface area contributed by atoms with Gasteiger partial charge in [-0.2, -0.15) is 0 Å². The van der Waals surface area contributed by atoms with Gasteiger partial charge in [0, 0.05) is 55.3 Å². The Hall–Kier alpha value is -5.14. The maximum atomic E-state index is 13.0. The molecule has 0 atom stereocenters. The van der Waals surface area contributed by atoms with Crippen LogP contribution < -0.4 is 42.5 Å². The molecule has 0 spiro atoms. The van der Waals surface area contributed by atoms with E-state index in [9.17, 15) is 24.0 Å². The second-order valence-corrected chi connectivity index (χ2v) is 21.5. The number of unbranched alkanes of at least 4 members (excludes halogenated alkanes) is 6. The molecule has 3 N–H and O–H groups in total. The highest BCUT2D eigenvalue weighted by Crippen LogP contribution is 2.38. The molecule has 0 aliphatic rings. The van der Waals surface area contributed by atoms with Crippen molar-refractivity contribution < 1.29 is 28.7 Å². The van der Waals surface area contributed by atoms with Gasteiger partial charge in [0.2, 0.25) is 11.8 Å². The van der Waals surface area contributed by atoms with Gasteiger partial charge < -0.3 is 20.7 Å². The molecule has 0 saturated carbocycles. The number of hydrogen-bond donors (Lipinski definition) is 3. The van der Waals surface area contributed by atoms with Crippen molar-refractivity contribution in [1.82, 2.24) is 16.0 Å². The Morgan fingerprint density at radius 3 is 1.47 bits per heavy atom. The van der Waals surface area contributed by atoms with Crippen LogP contribution in [-0.4, -0.2) is 61.0 Å². The minimum absolute atomic E-state index is 0.00596. The van der Waals surface area contributed by atoms with Crippen molar-refractivity contribution in [3.63, 3.8) is 0 Å². The average Bonchev–Trinajstić information content (AvgIpc) is 3.36. The molecule has 0 fully saturated rings. The summed E-state index contributed by atoms with van der Waals surface area (Å²) in [4.78, 5) is 61.8. The summed E-state index contributed by atoms with van der Waals surface area (Å²) in [5, 5.41) is 14.4. The molecule has 0 aliphatic heterocycles. The summed E-state index contributed by atoms with van der Waals surface area (Å²) in [6.07, 6.45) is 11.0. The van der Waals surface area contributed by atoms with Gasteiger partial charge in [0.05, 0.1) is 12.7 Å². The van der Waals surface area contributed by atoms with Crippen LogP contribution in [0.25, 0.3) is 0 Å². The lowest BCUT2D eigenvalue weighted by atomic mass is 10.1. The van der Waals surface area contributed by atoms with Crippen molar-refractivity contribution in [2.45, 2.75) is 90.9 Å². The molecule has 5 rings (SSSR count). The highest BCUT2D eigenvalue weighted by atomic mass is 32.2. The highest BCUT2D eigenvalue weighted by Gasteiger charge is 2.25. The topological polar surface area (TPSA) is 131 Å². The summed E-state index contributed by atoms with van der Waals surface area (Å²) in [5.41, 5.74) is 1.69. The third kappa shape index (κ3) is 19.4. The minimum Gasteiger partial charge on any atom is -0.465 e. The molecule has 0 bridgehead atoms. The van der Waals surface area contributed by atoms with Crippen LogP contribution in [0.1, 0.15) is 112 Å². The highest BCUT2D eigenvalue weighted by molar-refractivity contribution is 8.18. The minimum atomic E-state index is -1.12. The SMILES string of the molecule is CCCCCCC(=O)NCCCC(=O)SCP(c1ccccc1)c1ccccc1.CCCCCCC(=O)NCCNC(=O)c1ccc(C(=O)OC)c(P(c2ccccc2)c2ccccc2)c1. The number of carbonyl (C=O) groups is 5. The third-order valence-corrected chi connectivity index (χ3v) is 17.0. The van der Waals surface area contributed by atoms with Gasteiger partial charge in [-0.05, 0) is 74.5 Å². The van der Waals surface area contributed by atoms with Crippen LogP contribution in [0.4, 0.5) is 0 Å². The Morgan fingerprint density at radius 1 is 0.515 bits per heavy atom. The normalized spacial score (nSPS) is 10.7. The second kappa shape index (κ2) is 31.7. The van der Waals surface area contributed by atoms with Crippen molar-refractivity contribution in [2.75, 3.05) is 32.2 Å². The second-order valence-electron chi connectivity index (χ2n) is 15.7. The fourth-order valence-corrected chi connectivity index (χ4v) is 13.4. The van der Waals surface area contributed by atoms with E-state index in [0.717, 1.165) is 59.9 Å². The summed E-state index contributed by atoms with van der Waals surface area (Å²) in [6, 6.07) is 46.0. The number of rotatable bonds is 26. The number of amides is 3. The van der Waals surface area contributed by atoms with Gasteiger partial charge in [0.15, 0.2) is 5.12 Å². The van der Waals surface area contributed by atoms with Crippen LogP contribution in [0.2, 0.25) is 0 Å². The Kier molecular flexibility index (Phi) is 25.7. The Bertz CT molecular complexity index is 2120. The zero-order chi connectivity index (χ0) is 47.2. The maximum Gasteiger partial charge on any atom is 0.338 e. The molecule has 66 heavy (non-hydrogen) atoms. The lowest BCUT2D eigenvalue weighted by Crippen LogP contribution is -2.35. The predicted octanol–water partition coefficient (Wildman–Crippen LogP) is 9.25. The molecule has 0 radical (unpaired) electrons. The van der Waals surface area contributed by atoms with Crippen molar-refractivity contribution in [3.8, 4) is 0 Å². The molecule has 0 aromatic heterocycles. The Balaban J connectivity index is 0.000000297. The molecule has 0 unspecified atom stereocenters. The average molecular weight is 948 g/mol. The molecule has 0 heterocycles. The first-order valence-corrected chi connectivity index (χ1v) is 27.1. The number of thioether (sulfide) groups is 1. The summed E-state index contributed by atoms with van der Waals surface area (Å²) < 4.78 is 5.07. The fraction of sp³-hybridized carbons (Fsp3) is 0.352. The number of carbonyl (C=O) groups excluding carboxylic acids is 5. The van der Waals surface area contributed by atoms with Gasteiger partial charge in [-0.25, -0.2) is 4.79 Å². The van der Waals surface area contributed by atoms with Crippen LogP contribution in [-0.2, 0) is 19.1 Å². The summed E-state index contributed by atoms with van der Waals surface area (Å²) in [5.74, 6) is -0.585. The maximum absolute atomic E-state index is 13.0. The number of nitrogens with one attached hydrogen (secondary N) is 3. The van der Waals surface area contributed by atoms with Gasteiger partial charge in [-0.3, -0.25) is 19.2 Å². The van der Waals surface area contributed by atoms with Crippen molar-refractivity contribution in [1.29, 1.82) is 0 Å². The number of esters is 1. The largest absolute Gasteiger partial charge is 0.465 e. The first kappa shape index (κ1) is 53.5. The predicted molar refractivity (Wildman–Crippen MR) is 278 cm³/mol. The van der Waals surface area contributed by atoms with Gasteiger partial charge in [0.1, 0.15) is 0 Å². The van der Waals surface area contributed by atoms with Crippen LogP contribution >= 0.6 is 27.6 Å². The molecule has 0 saturated heterocycles. The molecular formula is C54H67N3O6P2S. The van der Waals surface area contributed by atoms with E-state index >= 15 is 0 Å². The zero-order valence-corrected chi connectivity index (χ0v) is 41.5. The van der Waals surface area contributed by atoms with E-state index in [1.54, 1.807) is 18.2 Å². The number of benzene rings is 5. The van der Waals surface area contributed by atoms with Gasteiger partial charge in [-0.1, -0.05) is 185 Å². The lowest BCUT2D eigenvalue weighted by Gasteiger charge is -2.22. The molecule has 9 nitrogen and oxygen atoms in total. The molecule has 350 valence electrons. The number of hydrogen-bond acceptors (Lipinski definition) is 7. The quantitative estimate of drug-likeness (QED) is 0.0286. The van der Waals surface area contributed by atoms with Gasteiger partial charge >= 0.3 is 5.97 Å². The van der Waals surface area contributed by atoms with Crippen molar-refractivity contribution in [3.05, 3.63) is 151 Å². The van der Waals surface area contributed by atoms with E-state index in [1.807, 2.05) is 72.8 Å². The Morgan fingerprint density at radius 2 is 0.985 bits per heavy atom. The summed E-state index contributed by atoms with van der Waals surface area (Å²) >= 11 is 1.43. The summed E-state index contributed by atoms with van der Waals surface area (Å²) in [7, 11) is -0.308. The molecule has 0 aliphatic carbocycles. The van der Waals surface area contributed by atoms with E-state index in [1.165, 1.54) is 42.3 Å². The number of methoxy groups -OCH3 is 1. The molecule has 3 amide bonds. The van der Waals surface area contributed by atoms with Crippen LogP contribution in [0.5, 0.6) is 0 Å². The lowest BCUT2D eigenvalue weighted by molar-refractivity contribution is -0.122. The first-order chi connectivity index (χ1) is 32.2. The monoisotopic (exact) mass is 947 g/mol. The third-order valence-electron chi connectivity index (χ3n) is 10.6. The Labute approximate surface area is 399 Å².